The molecule has 1 aliphatic rings. The molecule has 1 heterocycles. The molecule has 21 heavy (non-hydrogen) atoms. The van der Waals surface area contributed by atoms with Crippen LogP contribution in [0.3, 0.4) is 0 Å². The van der Waals surface area contributed by atoms with Crippen molar-refractivity contribution >= 4 is 0 Å². The fourth-order valence-electron chi connectivity index (χ4n) is 3.32. The van der Waals surface area contributed by atoms with Crippen LogP contribution in [-0.4, -0.2) is 39.6 Å². The van der Waals surface area contributed by atoms with E-state index in [2.05, 4.69) is 31.3 Å². The molecule has 1 unspecified atom stereocenters. The molecule has 1 aliphatic heterocycles. The highest BCUT2D eigenvalue weighted by atomic mass is 16.5. The SMILES string of the molecule is CCOC1(C(NC)c2ccc(OC)cc2C)CCOCC1. The first kappa shape index (κ1) is 16.3. The summed E-state index contributed by atoms with van der Waals surface area (Å²) >= 11 is 0. The molecule has 1 aromatic carbocycles. The Morgan fingerprint density at radius 2 is 2.05 bits per heavy atom. The van der Waals surface area contributed by atoms with Crippen LogP contribution >= 0.6 is 0 Å². The Morgan fingerprint density at radius 1 is 1.33 bits per heavy atom. The van der Waals surface area contributed by atoms with Gasteiger partial charge in [-0.05, 0) is 44.2 Å². The van der Waals surface area contributed by atoms with E-state index in [4.69, 9.17) is 14.2 Å². The molecule has 2 rings (SSSR count). The van der Waals surface area contributed by atoms with Crippen molar-refractivity contribution in [2.24, 2.45) is 0 Å². The fraction of sp³-hybridized carbons (Fsp3) is 0.647. The Hall–Kier alpha value is -1.10. The Labute approximate surface area is 127 Å². The molecule has 0 aromatic heterocycles. The molecule has 0 aliphatic carbocycles. The van der Waals surface area contributed by atoms with Gasteiger partial charge in [0.1, 0.15) is 5.75 Å². The molecular formula is C17H27NO3. The van der Waals surface area contributed by atoms with Crippen LogP contribution in [0.4, 0.5) is 0 Å². The molecule has 1 fully saturated rings. The van der Waals surface area contributed by atoms with Crippen molar-refractivity contribution in [2.45, 2.75) is 38.3 Å². The average molecular weight is 293 g/mol. The predicted octanol–water partition coefficient (Wildman–Crippen LogP) is 2.85. The van der Waals surface area contributed by atoms with Gasteiger partial charge in [0.05, 0.1) is 18.8 Å². The predicted molar refractivity (Wildman–Crippen MR) is 83.9 cm³/mol. The standard InChI is InChI=1S/C17H27NO3/c1-5-21-17(8-10-20-11-9-17)16(18-3)15-7-6-14(19-4)12-13(15)2/h6-7,12,16,18H,5,8-11H2,1-4H3. The second-order valence-electron chi connectivity index (χ2n) is 5.55. The molecule has 1 atom stereocenters. The molecule has 0 amide bonds. The number of methoxy groups -OCH3 is 1. The van der Waals surface area contributed by atoms with Crippen molar-refractivity contribution in [1.29, 1.82) is 0 Å². The summed E-state index contributed by atoms with van der Waals surface area (Å²) in [6.45, 7) is 6.42. The third-order valence-corrected chi connectivity index (χ3v) is 4.37. The largest absolute Gasteiger partial charge is 0.497 e. The molecule has 4 nitrogen and oxygen atoms in total. The average Bonchev–Trinajstić information content (AvgIpc) is 2.50. The fourth-order valence-corrected chi connectivity index (χ4v) is 3.32. The van der Waals surface area contributed by atoms with Gasteiger partial charge in [0.15, 0.2) is 0 Å². The number of hydrogen-bond acceptors (Lipinski definition) is 4. The van der Waals surface area contributed by atoms with E-state index in [0.29, 0.717) is 6.61 Å². The molecule has 118 valence electrons. The minimum Gasteiger partial charge on any atom is -0.497 e. The highest BCUT2D eigenvalue weighted by molar-refractivity contribution is 5.38. The summed E-state index contributed by atoms with van der Waals surface area (Å²) in [5.74, 6) is 0.892. The summed E-state index contributed by atoms with van der Waals surface area (Å²) in [5.41, 5.74) is 2.30. The lowest BCUT2D eigenvalue weighted by Crippen LogP contribution is -2.49. The van der Waals surface area contributed by atoms with Crippen LogP contribution in [0.15, 0.2) is 18.2 Å². The smallest absolute Gasteiger partial charge is 0.119 e. The minimum atomic E-state index is -0.193. The number of likely N-dealkylation sites (N-methyl/N-ethyl adjacent to an activating group) is 1. The van der Waals surface area contributed by atoms with Gasteiger partial charge < -0.3 is 19.5 Å². The lowest BCUT2D eigenvalue weighted by molar-refractivity contribution is -0.127. The maximum absolute atomic E-state index is 6.22. The van der Waals surface area contributed by atoms with E-state index in [9.17, 15) is 0 Å². The van der Waals surface area contributed by atoms with E-state index in [1.54, 1.807) is 7.11 Å². The van der Waals surface area contributed by atoms with Crippen LogP contribution in [0.2, 0.25) is 0 Å². The molecule has 0 spiro atoms. The van der Waals surface area contributed by atoms with E-state index >= 15 is 0 Å². The van der Waals surface area contributed by atoms with Crippen molar-refractivity contribution < 1.29 is 14.2 Å². The Bertz CT molecular complexity index is 450. The lowest BCUT2D eigenvalue weighted by atomic mass is 9.80. The summed E-state index contributed by atoms with van der Waals surface area (Å²) in [7, 11) is 3.70. The number of rotatable bonds is 6. The van der Waals surface area contributed by atoms with Crippen LogP contribution in [0.25, 0.3) is 0 Å². The Balaban J connectivity index is 2.36. The first-order valence-electron chi connectivity index (χ1n) is 7.70. The van der Waals surface area contributed by atoms with Crippen LogP contribution in [0, 0.1) is 6.92 Å². The normalized spacial score (nSPS) is 19.2. The molecule has 0 radical (unpaired) electrons. The number of nitrogens with one attached hydrogen (secondary N) is 1. The van der Waals surface area contributed by atoms with E-state index in [-0.39, 0.29) is 11.6 Å². The monoisotopic (exact) mass is 293 g/mol. The summed E-state index contributed by atoms with van der Waals surface area (Å²) in [5, 5.41) is 3.47. The summed E-state index contributed by atoms with van der Waals surface area (Å²) in [4.78, 5) is 0. The second kappa shape index (κ2) is 7.25. The molecule has 1 saturated heterocycles. The zero-order valence-electron chi connectivity index (χ0n) is 13.6. The molecule has 1 N–H and O–H groups in total. The van der Waals surface area contributed by atoms with Gasteiger partial charge in [-0.25, -0.2) is 0 Å². The first-order valence-corrected chi connectivity index (χ1v) is 7.70. The van der Waals surface area contributed by atoms with Crippen molar-refractivity contribution in [2.75, 3.05) is 34.0 Å². The quantitative estimate of drug-likeness (QED) is 0.875. The highest BCUT2D eigenvalue weighted by Crippen LogP contribution is 2.39. The maximum Gasteiger partial charge on any atom is 0.119 e. The van der Waals surface area contributed by atoms with Gasteiger partial charge in [-0.3, -0.25) is 0 Å². The van der Waals surface area contributed by atoms with Crippen molar-refractivity contribution in [3.63, 3.8) is 0 Å². The van der Waals surface area contributed by atoms with Gasteiger partial charge in [0, 0.05) is 32.7 Å². The lowest BCUT2D eigenvalue weighted by Gasteiger charge is -2.43. The number of ether oxygens (including phenoxy) is 3. The van der Waals surface area contributed by atoms with Crippen molar-refractivity contribution in [1.82, 2.24) is 5.32 Å². The van der Waals surface area contributed by atoms with Crippen LogP contribution in [0.5, 0.6) is 5.75 Å². The van der Waals surface area contributed by atoms with Gasteiger partial charge in [-0.1, -0.05) is 6.07 Å². The van der Waals surface area contributed by atoms with Gasteiger partial charge in [-0.15, -0.1) is 0 Å². The third kappa shape index (κ3) is 3.39. The van der Waals surface area contributed by atoms with Gasteiger partial charge in [0.2, 0.25) is 0 Å². The van der Waals surface area contributed by atoms with E-state index in [1.807, 2.05) is 13.1 Å². The first-order chi connectivity index (χ1) is 10.2. The summed E-state index contributed by atoms with van der Waals surface area (Å²) < 4.78 is 17.1. The highest BCUT2D eigenvalue weighted by Gasteiger charge is 2.41. The zero-order chi connectivity index (χ0) is 15.3. The van der Waals surface area contributed by atoms with Crippen molar-refractivity contribution in [3.8, 4) is 5.75 Å². The Morgan fingerprint density at radius 3 is 2.57 bits per heavy atom. The molecular weight excluding hydrogens is 266 g/mol. The maximum atomic E-state index is 6.22. The topological polar surface area (TPSA) is 39.7 Å². The van der Waals surface area contributed by atoms with Crippen LogP contribution < -0.4 is 10.1 Å². The molecule has 0 saturated carbocycles. The summed E-state index contributed by atoms with van der Waals surface area (Å²) in [6, 6.07) is 6.41. The van der Waals surface area contributed by atoms with Crippen LogP contribution in [0.1, 0.15) is 36.9 Å². The molecule has 0 bridgehead atoms. The van der Waals surface area contributed by atoms with Gasteiger partial charge in [0.25, 0.3) is 0 Å². The van der Waals surface area contributed by atoms with Gasteiger partial charge >= 0.3 is 0 Å². The van der Waals surface area contributed by atoms with Crippen molar-refractivity contribution in [3.05, 3.63) is 29.3 Å². The molecule has 4 heteroatoms. The zero-order valence-corrected chi connectivity index (χ0v) is 13.6. The number of aryl methyl sites for hydroxylation is 1. The third-order valence-electron chi connectivity index (χ3n) is 4.37. The van der Waals surface area contributed by atoms with E-state index in [1.165, 1.54) is 11.1 Å². The minimum absolute atomic E-state index is 0.159. The number of hydrogen-bond donors (Lipinski definition) is 1. The second-order valence-corrected chi connectivity index (χ2v) is 5.55. The number of benzene rings is 1. The van der Waals surface area contributed by atoms with Crippen LogP contribution in [-0.2, 0) is 9.47 Å². The molecule has 1 aromatic rings. The van der Waals surface area contributed by atoms with E-state index in [0.717, 1.165) is 31.8 Å². The van der Waals surface area contributed by atoms with Gasteiger partial charge in [-0.2, -0.15) is 0 Å². The van der Waals surface area contributed by atoms with E-state index < -0.39 is 0 Å². The summed E-state index contributed by atoms with van der Waals surface area (Å²) in [6.07, 6.45) is 1.83. The Kier molecular flexibility index (Phi) is 5.62.